The predicted molar refractivity (Wildman–Crippen MR) is 568 cm³/mol. The standard InChI is InChI=1S/C26H25N3O2S.C19H17NO3S.C18H14BrNO3S.C18H15NO3S.C10H9BrO4.C9H9BrO3.C9H7BrO3/c1-16-4-7-19(8-5-16)21-12-22(24(30)26-27-10-11-32-26)14-23(13-21)25(31)29-18(3)20-9-6-17(2)28-15-20;1-12-3-5-13(6-4-12)14-9-15(11-16(10-14)19(22)23-2)17(21)18-20-7-8-24-18;1-23-18(22)14-9-12(11-2-4-15(19)5-3-11)8-13(10-14)16(21)17-20-6-7-24-17;1-11-2-4-12(5-3-11)13-8-14(10-15(9-13)18(21)22)16(20)17-19-6-7-23-17;1-14-9(12)6-3-7(10(13)15-2)5-8(11)4-6;2*1-13-9(12)7-2-6(5-11)3-8(10)4-7/h4-15,18,24,30H,1-3H3,(H,29,31);3-11,17,21H,1-2H3;2-10,16,21H,1H3;2-10,16,20H,1H3,(H,21,22);3-5H,1-2H3;2-4,11H,5H2,1H3;2-5H,1H3/t18-,24?;;;;;;/m1....../s1. The maximum Gasteiger partial charge on any atom is 0.337 e. The third kappa shape index (κ3) is 32.6. The molecule has 0 aliphatic heterocycles. The van der Waals surface area contributed by atoms with Gasteiger partial charge in [0.25, 0.3) is 5.91 Å². The Bertz CT molecular complexity index is 6890. The summed E-state index contributed by atoms with van der Waals surface area (Å²) in [6.07, 6.45) is 5.44. The molecule has 27 nitrogen and oxygen atoms in total. The highest BCUT2D eigenvalue weighted by Gasteiger charge is 2.25. The summed E-state index contributed by atoms with van der Waals surface area (Å²) in [5.74, 6) is -3.97. The van der Waals surface area contributed by atoms with Crippen LogP contribution in [0.4, 0.5) is 0 Å². The van der Waals surface area contributed by atoms with Crippen LogP contribution >= 0.6 is 109 Å². The molecule has 0 saturated carbocycles. The van der Waals surface area contributed by atoms with Gasteiger partial charge in [-0.15, -0.1) is 45.3 Å². The number of aromatic carboxylic acids is 1. The fraction of sp³-hybridized carbons (Fsp3) is 0.156. The summed E-state index contributed by atoms with van der Waals surface area (Å²) in [5, 5.41) is 73.3. The number of ether oxygens (including phenoxy) is 6. The molecule has 0 fully saturated rings. The Morgan fingerprint density at radius 2 is 0.632 bits per heavy atom. The monoisotopic (exact) mass is 2270 g/mol. The van der Waals surface area contributed by atoms with Gasteiger partial charge in [0.15, 0.2) is 0 Å². The van der Waals surface area contributed by atoms with Gasteiger partial charge in [0.05, 0.1) is 94.3 Å². The number of aliphatic hydroxyl groups excluding tert-OH is 5. The minimum Gasteiger partial charge on any atom is -0.478 e. The number of carboxylic acids is 1. The Morgan fingerprint density at radius 1 is 0.333 bits per heavy atom. The second kappa shape index (κ2) is 55.2. The molecular weight excluding hydrogens is 2180 g/mol. The summed E-state index contributed by atoms with van der Waals surface area (Å²) >= 11 is 18.5. The molecule has 5 aromatic heterocycles. The van der Waals surface area contributed by atoms with Gasteiger partial charge in [-0.1, -0.05) is 171 Å². The molecular formula is C109H96Br4N6O21S4. The molecule has 35 heteroatoms. The molecule has 0 aliphatic carbocycles. The van der Waals surface area contributed by atoms with Gasteiger partial charge >= 0.3 is 41.8 Å². The molecule has 5 heterocycles. The number of carbonyl (C=O) groups is 9. The van der Waals surface area contributed by atoms with Gasteiger partial charge in [-0.3, -0.25) is 14.6 Å². The lowest BCUT2D eigenvalue weighted by Crippen LogP contribution is -2.27. The van der Waals surface area contributed by atoms with Crippen molar-refractivity contribution in [1.29, 1.82) is 0 Å². The van der Waals surface area contributed by atoms with E-state index in [1.54, 1.807) is 121 Å². The van der Waals surface area contributed by atoms with E-state index in [2.05, 4.69) is 113 Å². The van der Waals surface area contributed by atoms with E-state index in [-0.39, 0.29) is 24.1 Å². The number of hydrogen-bond donors (Lipinski definition) is 7. The molecule has 0 radical (unpaired) electrons. The molecule has 0 bridgehead atoms. The SMILES string of the molecule is COC(=O)c1cc(-c2ccc(Br)cc2)cc(C(O)c2nccs2)c1.COC(=O)c1cc(-c2ccc(C)cc2)cc(C(O)c2nccs2)c1.COC(=O)c1cc(Br)cc(C(=O)OC)c1.COC(=O)c1cc(Br)cc(C=O)c1.COC(=O)c1cc(Br)cc(CO)c1.Cc1ccc(-c2cc(C(=O)N[C@H](C)c3ccc(C)nc3)cc(C(O)c3nccs3)c2)cc1.Cc1ccc(-c2cc(C(=O)O)cc(C(O)c3nccs3)c2)cc1. The van der Waals surface area contributed by atoms with Gasteiger partial charge in [0, 0.05) is 87.2 Å². The van der Waals surface area contributed by atoms with E-state index >= 15 is 0 Å². The largest absolute Gasteiger partial charge is 0.478 e. The van der Waals surface area contributed by atoms with Crippen LogP contribution in [0.25, 0.3) is 44.5 Å². The number of aliphatic hydroxyl groups is 5. The van der Waals surface area contributed by atoms with Crippen molar-refractivity contribution in [2.24, 2.45) is 0 Å². The Morgan fingerprint density at radius 3 is 0.944 bits per heavy atom. The number of rotatable bonds is 24. The van der Waals surface area contributed by atoms with Crippen LogP contribution in [0.15, 0.2) is 307 Å². The summed E-state index contributed by atoms with van der Waals surface area (Å²) in [6, 6.07) is 70.6. The van der Waals surface area contributed by atoms with Crippen molar-refractivity contribution in [3.8, 4) is 44.5 Å². The second-order valence-corrected chi connectivity index (χ2v) is 38.7. The maximum atomic E-state index is 13.2. The topological polar surface area (TPSA) is 407 Å². The highest BCUT2D eigenvalue weighted by molar-refractivity contribution is 9.11. The molecule has 4 unspecified atom stereocenters. The number of methoxy groups -OCH3 is 6. The third-order valence-electron chi connectivity index (χ3n) is 21.1. The van der Waals surface area contributed by atoms with Crippen molar-refractivity contribution in [2.75, 3.05) is 42.7 Å². The number of nitrogens with zero attached hydrogens (tertiary/aromatic N) is 5. The normalized spacial score (nSPS) is 11.5. The lowest BCUT2D eigenvalue weighted by Gasteiger charge is -2.17. The number of aromatic nitrogens is 5. The smallest absolute Gasteiger partial charge is 0.337 e. The van der Waals surface area contributed by atoms with E-state index < -0.39 is 66.2 Å². The summed E-state index contributed by atoms with van der Waals surface area (Å²) < 4.78 is 30.8. The van der Waals surface area contributed by atoms with Crippen LogP contribution in [-0.4, -0.2) is 152 Å². The average molecular weight is 2270 g/mol. The van der Waals surface area contributed by atoms with Crippen LogP contribution < -0.4 is 5.32 Å². The average Bonchev–Trinajstić information content (AvgIpc) is 1.27. The van der Waals surface area contributed by atoms with Crippen LogP contribution in [-0.2, 0) is 35.0 Å². The van der Waals surface area contributed by atoms with Crippen molar-refractivity contribution in [2.45, 2.75) is 71.7 Å². The minimum atomic E-state index is -1.02. The van der Waals surface area contributed by atoms with Crippen LogP contribution in [0.2, 0.25) is 0 Å². The Kier molecular flexibility index (Phi) is 43.0. The van der Waals surface area contributed by atoms with Crippen molar-refractivity contribution >= 4 is 163 Å². The molecule has 16 rings (SSSR count). The van der Waals surface area contributed by atoms with Crippen LogP contribution in [0.3, 0.4) is 0 Å². The van der Waals surface area contributed by atoms with Crippen LogP contribution in [0, 0.1) is 27.7 Å². The minimum absolute atomic E-state index is 0.0938. The zero-order valence-corrected chi connectivity index (χ0v) is 88.7. The van der Waals surface area contributed by atoms with Gasteiger partial charge in [0.1, 0.15) is 50.7 Å². The summed E-state index contributed by atoms with van der Waals surface area (Å²) in [5.41, 5.74) is 18.7. The molecule has 7 N–H and O–H groups in total. The number of pyridine rings is 1. The highest BCUT2D eigenvalue weighted by atomic mass is 79.9. The van der Waals surface area contributed by atoms with Gasteiger partial charge in [-0.2, -0.15) is 0 Å². The predicted octanol–water partition coefficient (Wildman–Crippen LogP) is 23.5. The van der Waals surface area contributed by atoms with Gasteiger partial charge in [0.2, 0.25) is 0 Å². The van der Waals surface area contributed by atoms with E-state index in [1.807, 2.05) is 185 Å². The van der Waals surface area contributed by atoms with Crippen molar-refractivity contribution < 1.29 is 102 Å². The van der Waals surface area contributed by atoms with E-state index in [4.69, 9.17) is 14.6 Å². The summed E-state index contributed by atoms with van der Waals surface area (Å²) in [4.78, 5) is 125. The number of benzene rings is 11. The molecule has 0 spiro atoms. The molecule has 0 saturated heterocycles. The lowest BCUT2D eigenvalue weighted by molar-refractivity contribution is 0.0584. The van der Waals surface area contributed by atoms with E-state index in [1.165, 1.54) is 106 Å². The molecule has 740 valence electrons. The number of thiazole rings is 4. The lowest BCUT2D eigenvalue weighted by atomic mass is 9.96. The number of hydrogen-bond acceptors (Lipinski definition) is 29. The number of amides is 1. The van der Waals surface area contributed by atoms with Crippen molar-refractivity contribution in [3.63, 3.8) is 0 Å². The molecule has 5 atom stereocenters. The third-order valence-corrected chi connectivity index (χ3v) is 26.3. The molecule has 0 aliphatic rings. The van der Waals surface area contributed by atoms with Gasteiger partial charge in [-0.05, 0) is 258 Å². The highest BCUT2D eigenvalue weighted by Crippen LogP contribution is 2.37. The van der Waals surface area contributed by atoms with E-state index in [0.29, 0.717) is 108 Å². The number of aryl methyl sites for hydroxylation is 4. The Balaban J connectivity index is 0.000000176. The Hall–Kier alpha value is -13.8. The number of carbonyl (C=O) groups excluding carboxylic acids is 8. The fourth-order valence-corrected chi connectivity index (χ4v) is 18.0. The first-order valence-corrected chi connectivity index (χ1v) is 50.0. The summed E-state index contributed by atoms with van der Waals surface area (Å²) in [7, 11) is 7.86. The molecule has 16 aromatic rings. The number of esters is 6. The van der Waals surface area contributed by atoms with Crippen LogP contribution in [0.1, 0.15) is 206 Å². The summed E-state index contributed by atoms with van der Waals surface area (Å²) in [6.45, 7) is 9.82. The molecule has 1 amide bonds. The van der Waals surface area contributed by atoms with E-state index in [0.717, 1.165) is 81.4 Å². The quantitative estimate of drug-likeness (QED) is 0.0168. The van der Waals surface area contributed by atoms with Gasteiger partial charge < -0.3 is 64.4 Å². The number of carboxylic acid groups (broad SMARTS) is 1. The maximum absolute atomic E-state index is 13.2. The van der Waals surface area contributed by atoms with Crippen molar-refractivity contribution in [1.82, 2.24) is 30.2 Å². The molecule has 11 aromatic carbocycles. The molecule has 144 heavy (non-hydrogen) atoms. The second-order valence-electron chi connectivity index (χ2n) is 31.4. The van der Waals surface area contributed by atoms with Crippen LogP contribution in [0.5, 0.6) is 0 Å². The van der Waals surface area contributed by atoms with Gasteiger partial charge in [-0.25, -0.2) is 53.5 Å². The fourth-order valence-electron chi connectivity index (χ4n) is 13.6. The zero-order valence-electron chi connectivity index (χ0n) is 79.1. The van der Waals surface area contributed by atoms with Crippen molar-refractivity contribution in [3.05, 3.63) is 433 Å². The Labute approximate surface area is 879 Å². The number of aldehydes is 1. The first-order chi connectivity index (χ1) is 69.0. The van der Waals surface area contributed by atoms with E-state index in [9.17, 15) is 68.7 Å². The first-order valence-electron chi connectivity index (χ1n) is 43.3. The first kappa shape index (κ1) is 112. The number of nitrogens with one attached hydrogen (secondary N) is 1. The number of halogens is 4. The zero-order chi connectivity index (χ0) is 104.